The molecule has 0 radical (unpaired) electrons. The molecule has 1 aromatic heterocycles. The SMILES string of the molecule is CCOc1cccc2c1nc(N)n2CC1(OC)CCC1. The first kappa shape index (κ1) is 13.2. The van der Waals surface area contributed by atoms with Gasteiger partial charge in [0.15, 0.2) is 0 Å². The van der Waals surface area contributed by atoms with Gasteiger partial charge in [-0.2, -0.15) is 0 Å². The molecule has 108 valence electrons. The number of fused-ring (bicyclic) bond motifs is 1. The Hall–Kier alpha value is -1.75. The van der Waals surface area contributed by atoms with Crippen molar-refractivity contribution in [1.82, 2.24) is 9.55 Å². The number of aromatic nitrogens is 2. The number of benzene rings is 1. The quantitative estimate of drug-likeness (QED) is 0.911. The fraction of sp³-hybridized carbons (Fsp3) is 0.533. The van der Waals surface area contributed by atoms with Crippen LogP contribution in [0.25, 0.3) is 11.0 Å². The maximum atomic E-state index is 6.10. The lowest BCUT2D eigenvalue weighted by atomic mass is 9.80. The highest BCUT2D eigenvalue weighted by Gasteiger charge is 2.38. The average Bonchev–Trinajstić information content (AvgIpc) is 2.72. The third kappa shape index (κ3) is 2.02. The van der Waals surface area contributed by atoms with Gasteiger partial charge in [0.2, 0.25) is 5.95 Å². The first-order valence-corrected chi connectivity index (χ1v) is 7.12. The van der Waals surface area contributed by atoms with Gasteiger partial charge < -0.3 is 19.8 Å². The minimum absolute atomic E-state index is 0.0800. The van der Waals surface area contributed by atoms with E-state index in [1.807, 2.05) is 29.7 Å². The van der Waals surface area contributed by atoms with Gasteiger partial charge >= 0.3 is 0 Å². The lowest BCUT2D eigenvalue weighted by Gasteiger charge is -2.40. The molecule has 0 bridgehead atoms. The molecular formula is C15H21N3O2. The Bertz CT molecular complexity index is 611. The molecule has 0 spiro atoms. The van der Waals surface area contributed by atoms with Crippen LogP contribution in [0.15, 0.2) is 18.2 Å². The van der Waals surface area contributed by atoms with Crippen molar-refractivity contribution in [2.45, 2.75) is 38.3 Å². The Morgan fingerprint density at radius 3 is 2.80 bits per heavy atom. The predicted octanol–water partition coefficient (Wildman–Crippen LogP) is 2.59. The summed E-state index contributed by atoms with van der Waals surface area (Å²) in [6.45, 7) is 3.34. The Balaban J connectivity index is 2.02. The molecule has 1 aliphatic carbocycles. The second-order valence-corrected chi connectivity index (χ2v) is 5.35. The van der Waals surface area contributed by atoms with Crippen LogP contribution in [0.5, 0.6) is 5.75 Å². The molecular weight excluding hydrogens is 254 g/mol. The number of nitrogens with two attached hydrogens (primary N) is 1. The van der Waals surface area contributed by atoms with Gasteiger partial charge in [-0.3, -0.25) is 0 Å². The molecule has 1 aromatic carbocycles. The van der Waals surface area contributed by atoms with Gasteiger partial charge in [-0.25, -0.2) is 4.98 Å². The van der Waals surface area contributed by atoms with E-state index >= 15 is 0 Å². The zero-order valence-corrected chi connectivity index (χ0v) is 12.1. The smallest absolute Gasteiger partial charge is 0.201 e. The fourth-order valence-corrected chi connectivity index (χ4v) is 2.86. The van der Waals surface area contributed by atoms with Gasteiger partial charge in [-0.1, -0.05) is 6.07 Å². The molecule has 0 atom stereocenters. The van der Waals surface area contributed by atoms with Crippen LogP contribution in [0, 0.1) is 0 Å². The van der Waals surface area contributed by atoms with E-state index < -0.39 is 0 Å². The molecule has 20 heavy (non-hydrogen) atoms. The van der Waals surface area contributed by atoms with E-state index in [0.29, 0.717) is 12.6 Å². The number of hydrogen-bond acceptors (Lipinski definition) is 4. The molecule has 0 unspecified atom stereocenters. The van der Waals surface area contributed by atoms with Crippen molar-refractivity contribution >= 4 is 17.0 Å². The first-order chi connectivity index (χ1) is 9.69. The molecule has 2 N–H and O–H groups in total. The first-order valence-electron chi connectivity index (χ1n) is 7.12. The summed E-state index contributed by atoms with van der Waals surface area (Å²) in [7, 11) is 1.78. The number of hydrogen-bond donors (Lipinski definition) is 1. The Kier molecular flexibility index (Phi) is 3.30. The molecule has 5 heteroatoms. The maximum absolute atomic E-state index is 6.10. The molecule has 2 aromatic rings. The summed E-state index contributed by atoms with van der Waals surface area (Å²) in [5, 5.41) is 0. The highest BCUT2D eigenvalue weighted by molar-refractivity contribution is 5.84. The van der Waals surface area contributed by atoms with Crippen molar-refractivity contribution in [2.75, 3.05) is 19.5 Å². The second kappa shape index (κ2) is 4.98. The molecule has 1 heterocycles. The van der Waals surface area contributed by atoms with Crippen LogP contribution < -0.4 is 10.5 Å². The predicted molar refractivity (Wildman–Crippen MR) is 78.9 cm³/mol. The van der Waals surface area contributed by atoms with Crippen molar-refractivity contribution in [3.63, 3.8) is 0 Å². The van der Waals surface area contributed by atoms with Crippen LogP contribution in [-0.4, -0.2) is 28.9 Å². The van der Waals surface area contributed by atoms with Crippen molar-refractivity contribution in [3.05, 3.63) is 18.2 Å². The van der Waals surface area contributed by atoms with Gasteiger partial charge in [0, 0.05) is 7.11 Å². The molecule has 0 amide bonds. The van der Waals surface area contributed by atoms with Gasteiger partial charge in [0.05, 0.1) is 24.3 Å². The highest BCUT2D eigenvalue weighted by Crippen LogP contribution is 2.38. The van der Waals surface area contributed by atoms with E-state index in [0.717, 1.165) is 36.2 Å². The van der Waals surface area contributed by atoms with Crippen LogP contribution in [0.2, 0.25) is 0 Å². The average molecular weight is 275 g/mol. The summed E-state index contributed by atoms with van der Waals surface area (Å²) in [6.07, 6.45) is 3.37. The molecule has 0 aliphatic heterocycles. The van der Waals surface area contributed by atoms with Gasteiger partial charge in [0.25, 0.3) is 0 Å². The van der Waals surface area contributed by atoms with Gasteiger partial charge in [-0.05, 0) is 38.3 Å². The number of anilines is 1. The summed E-state index contributed by atoms with van der Waals surface area (Å²) < 4.78 is 13.4. The second-order valence-electron chi connectivity index (χ2n) is 5.35. The molecule has 0 saturated heterocycles. The lowest BCUT2D eigenvalue weighted by Crippen LogP contribution is -2.43. The van der Waals surface area contributed by atoms with Crippen molar-refractivity contribution in [1.29, 1.82) is 0 Å². The summed E-state index contributed by atoms with van der Waals surface area (Å²) in [5.41, 5.74) is 7.86. The standard InChI is InChI=1S/C15H21N3O2/c1-3-20-12-7-4-6-11-13(12)17-14(16)18(11)10-15(19-2)8-5-9-15/h4,6-7H,3,5,8-10H2,1-2H3,(H2,16,17). The number of nitrogen functional groups attached to an aromatic ring is 1. The molecule has 3 rings (SSSR count). The monoisotopic (exact) mass is 275 g/mol. The molecule has 1 saturated carbocycles. The normalized spacial score (nSPS) is 17.1. The van der Waals surface area contributed by atoms with E-state index in [9.17, 15) is 0 Å². The van der Waals surface area contributed by atoms with Crippen LogP contribution in [0.1, 0.15) is 26.2 Å². The summed E-state index contributed by atoms with van der Waals surface area (Å²) in [5.74, 6) is 1.31. The van der Waals surface area contributed by atoms with Crippen LogP contribution in [-0.2, 0) is 11.3 Å². The number of para-hydroxylation sites is 1. The Morgan fingerprint density at radius 2 is 2.20 bits per heavy atom. The summed E-state index contributed by atoms with van der Waals surface area (Å²) >= 11 is 0. The Labute approximate surface area is 118 Å². The van der Waals surface area contributed by atoms with E-state index in [1.54, 1.807) is 7.11 Å². The highest BCUT2D eigenvalue weighted by atomic mass is 16.5. The van der Waals surface area contributed by atoms with E-state index in [2.05, 4.69) is 4.98 Å². The Morgan fingerprint density at radius 1 is 1.40 bits per heavy atom. The minimum atomic E-state index is -0.0800. The molecule has 1 aliphatic rings. The number of ether oxygens (including phenoxy) is 2. The zero-order chi connectivity index (χ0) is 14.2. The number of methoxy groups -OCH3 is 1. The van der Waals surface area contributed by atoms with E-state index in [-0.39, 0.29) is 5.60 Å². The zero-order valence-electron chi connectivity index (χ0n) is 12.1. The van der Waals surface area contributed by atoms with Crippen molar-refractivity contribution in [3.8, 4) is 5.75 Å². The maximum Gasteiger partial charge on any atom is 0.201 e. The largest absolute Gasteiger partial charge is 0.492 e. The third-order valence-electron chi connectivity index (χ3n) is 4.22. The third-order valence-corrected chi connectivity index (χ3v) is 4.22. The fourth-order valence-electron chi connectivity index (χ4n) is 2.86. The number of nitrogens with zero attached hydrogens (tertiary/aromatic N) is 2. The van der Waals surface area contributed by atoms with Crippen LogP contribution in [0.4, 0.5) is 5.95 Å². The molecule has 5 nitrogen and oxygen atoms in total. The number of imidazole rings is 1. The van der Waals surface area contributed by atoms with Crippen LogP contribution in [0.3, 0.4) is 0 Å². The van der Waals surface area contributed by atoms with Gasteiger partial charge in [-0.15, -0.1) is 0 Å². The van der Waals surface area contributed by atoms with Crippen LogP contribution >= 0.6 is 0 Å². The van der Waals surface area contributed by atoms with Gasteiger partial charge in [0.1, 0.15) is 11.3 Å². The lowest BCUT2D eigenvalue weighted by molar-refractivity contribution is -0.0824. The minimum Gasteiger partial charge on any atom is -0.492 e. The molecule has 1 fully saturated rings. The van der Waals surface area contributed by atoms with Crippen molar-refractivity contribution < 1.29 is 9.47 Å². The summed E-state index contributed by atoms with van der Waals surface area (Å²) in [6, 6.07) is 5.94. The number of rotatable bonds is 5. The van der Waals surface area contributed by atoms with E-state index in [4.69, 9.17) is 15.2 Å². The van der Waals surface area contributed by atoms with Crippen molar-refractivity contribution in [2.24, 2.45) is 0 Å². The van der Waals surface area contributed by atoms with E-state index in [1.165, 1.54) is 6.42 Å². The summed E-state index contributed by atoms with van der Waals surface area (Å²) in [4.78, 5) is 4.47. The topological polar surface area (TPSA) is 62.3 Å².